The summed E-state index contributed by atoms with van der Waals surface area (Å²) in [4.78, 5) is 0. The number of thioether (sulfide) groups is 1. The molecule has 0 spiro atoms. The van der Waals surface area contributed by atoms with E-state index in [1.807, 2.05) is 43.3 Å². The van der Waals surface area contributed by atoms with E-state index in [1.165, 1.54) is 21.9 Å². The molecule has 1 heterocycles. The average molecular weight is 347 g/mol. The number of hydrogen-bond donors (Lipinski definition) is 0. The zero-order valence-corrected chi connectivity index (χ0v) is 14.5. The maximum Gasteiger partial charge on any atom is 0.297 e. The minimum absolute atomic E-state index is 0.303. The van der Waals surface area contributed by atoms with Crippen molar-refractivity contribution >= 4 is 22.5 Å². The molecule has 0 fully saturated rings. The van der Waals surface area contributed by atoms with Crippen LogP contribution >= 0.6 is 11.8 Å². The summed E-state index contributed by atoms with van der Waals surface area (Å²) in [6.07, 6.45) is -0.836. The van der Waals surface area contributed by atoms with E-state index in [0.717, 1.165) is 29.4 Å². The maximum absolute atomic E-state index is 13.5. The molecule has 1 aromatic heterocycles. The number of hydrogen-bond acceptors (Lipinski definition) is 3. The maximum atomic E-state index is 13.5. The van der Waals surface area contributed by atoms with Gasteiger partial charge in [-0.2, -0.15) is 0 Å². The van der Waals surface area contributed by atoms with Gasteiger partial charge in [-0.15, -0.1) is 10.2 Å². The molecule has 0 saturated carbocycles. The summed E-state index contributed by atoms with van der Waals surface area (Å²) < 4.78 is 28.4. The zero-order valence-electron chi connectivity index (χ0n) is 13.7. The van der Waals surface area contributed by atoms with Crippen molar-refractivity contribution in [2.75, 3.05) is 5.75 Å². The van der Waals surface area contributed by atoms with Crippen LogP contribution in [0.2, 0.25) is 0 Å². The first kappa shape index (κ1) is 16.9. The van der Waals surface area contributed by atoms with Crippen molar-refractivity contribution < 1.29 is 8.78 Å². The normalized spacial score (nSPS) is 11.5. The van der Waals surface area contributed by atoms with Crippen LogP contribution in [0.4, 0.5) is 8.78 Å². The second kappa shape index (κ2) is 7.30. The molecule has 0 aliphatic carbocycles. The van der Waals surface area contributed by atoms with Crippen LogP contribution in [0.25, 0.3) is 16.5 Å². The third kappa shape index (κ3) is 3.02. The molecule has 0 amide bonds. The molecular formula is C18H19F2N3S. The Morgan fingerprint density at radius 2 is 1.79 bits per heavy atom. The fourth-order valence-electron chi connectivity index (χ4n) is 2.78. The number of aryl methyl sites for hydroxylation is 1. The number of fused-ring (bicyclic) bond motifs is 1. The van der Waals surface area contributed by atoms with Crippen LogP contribution in [0, 0.1) is 0 Å². The molecule has 0 atom stereocenters. The lowest BCUT2D eigenvalue weighted by molar-refractivity contribution is 0.137. The van der Waals surface area contributed by atoms with E-state index in [9.17, 15) is 8.78 Å². The molecule has 0 aliphatic rings. The van der Waals surface area contributed by atoms with Crippen molar-refractivity contribution in [1.29, 1.82) is 0 Å². The van der Waals surface area contributed by atoms with E-state index in [1.54, 1.807) is 0 Å². The fraction of sp³-hybridized carbons (Fsp3) is 0.333. The van der Waals surface area contributed by atoms with Crippen molar-refractivity contribution in [2.45, 2.75) is 38.3 Å². The van der Waals surface area contributed by atoms with E-state index in [2.05, 4.69) is 17.1 Å². The molecule has 3 rings (SSSR count). The summed E-state index contributed by atoms with van der Waals surface area (Å²) >= 11 is 1.45. The van der Waals surface area contributed by atoms with E-state index >= 15 is 0 Å². The highest BCUT2D eigenvalue weighted by atomic mass is 32.2. The molecule has 0 radical (unpaired) electrons. The van der Waals surface area contributed by atoms with Crippen LogP contribution in [-0.4, -0.2) is 20.5 Å². The summed E-state index contributed by atoms with van der Waals surface area (Å²) in [6.45, 7) is 4.14. The van der Waals surface area contributed by atoms with Gasteiger partial charge in [0.2, 0.25) is 5.82 Å². The van der Waals surface area contributed by atoms with Gasteiger partial charge in [-0.3, -0.25) is 4.57 Å². The second-order valence-electron chi connectivity index (χ2n) is 5.47. The first-order valence-corrected chi connectivity index (χ1v) is 9.03. The van der Waals surface area contributed by atoms with Crippen LogP contribution in [0.15, 0.2) is 41.6 Å². The van der Waals surface area contributed by atoms with Crippen LogP contribution < -0.4 is 0 Å². The Bertz CT molecular complexity index is 845. The summed E-state index contributed by atoms with van der Waals surface area (Å²) in [5.41, 5.74) is 1.91. The summed E-state index contributed by atoms with van der Waals surface area (Å²) in [6, 6.07) is 11.8. The number of halogens is 2. The lowest BCUT2D eigenvalue weighted by atomic mass is 10.0. The highest BCUT2D eigenvalue weighted by Crippen LogP contribution is 2.32. The molecule has 126 valence electrons. The summed E-state index contributed by atoms with van der Waals surface area (Å²) in [5, 5.41) is 10.3. The van der Waals surface area contributed by atoms with Gasteiger partial charge in [0, 0.05) is 11.1 Å². The highest BCUT2D eigenvalue weighted by Gasteiger charge is 2.23. The molecule has 24 heavy (non-hydrogen) atoms. The molecule has 0 aliphatic heterocycles. The molecule has 0 unspecified atom stereocenters. The van der Waals surface area contributed by atoms with Gasteiger partial charge in [-0.05, 0) is 29.9 Å². The van der Waals surface area contributed by atoms with Crippen LogP contribution in [0.1, 0.15) is 38.1 Å². The van der Waals surface area contributed by atoms with Crippen molar-refractivity contribution in [2.24, 2.45) is 0 Å². The molecule has 3 nitrogen and oxygen atoms in total. The van der Waals surface area contributed by atoms with Crippen molar-refractivity contribution in [1.82, 2.24) is 14.8 Å². The Balaban J connectivity index is 2.25. The standard InChI is InChI=1S/C18H19F2N3S/c1-3-11-24-18-22-21-17(16(19)20)23(18)15-10-9-12(4-2)13-7-5-6-8-14(13)15/h5-10,16H,3-4,11H2,1-2H3. The summed E-state index contributed by atoms with van der Waals surface area (Å²) in [5.74, 6) is 0.509. The first-order valence-electron chi connectivity index (χ1n) is 8.04. The van der Waals surface area contributed by atoms with E-state index in [-0.39, 0.29) is 5.82 Å². The first-order chi connectivity index (χ1) is 11.7. The van der Waals surface area contributed by atoms with E-state index in [4.69, 9.17) is 0 Å². The average Bonchev–Trinajstić information content (AvgIpc) is 3.02. The fourth-order valence-corrected chi connectivity index (χ4v) is 3.59. The Morgan fingerprint density at radius 1 is 1.04 bits per heavy atom. The quantitative estimate of drug-likeness (QED) is 0.558. The Labute approximate surface area is 144 Å². The topological polar surface area (TPSA) is 30.7 Å². The van der Waals surface area contributed by atoms with E-state index < -0.39 is 6.43 Å². The van der Waals surface area contributed by atoms with Crippen LogP contribution in [-0.2, 0) is 6.42 Å². The summed E-state index contributed by atoms with van der Waals surface area (Å²) in [7, 11) is 0. The number of alkyl halides is 2. The Hall–Kier alpha value is -1.95. The lowest BCUT2D eigenvalue weighted by Crippen LogP contribution is -2.05. The SMILES string of the molecule is CCCSc1nnc(C(F)F)n1-c1ccc(CC)c2ccccc12. The predicted octanol–water partition coefficient (Wildman–Crippen LogP) is 5.42. The predicted molar refractivity (Wildman–Crippen MR) is 94.2 cm³/mol. The molecule has 0 bridgehead atoms. The molecule has 0 N–H and O–H groups in total. The Kier molecular flexibility index (Phi) is 5.14. The van der Waals surface area contributed by atoms with Gasteiger partial charge in [-0.25, -0.2) is 8.78 Å². The van der Waals surface area contributed by atoms with Crippen molar-refractivity contribution in [3.8, 4) is 5.69 Å². The third-order valence-corrected chi connectivity index (χ3v) is 5.04. The van der Waals surface area contributed by atoms with Gasteiger partial charge < -0.3 is 0 Å². The molecule has 6 heteroatoms. The van der Waals surface area contributed by atoms with Gasteiger partial charge in [0.05, 0.1) is 5.69 Å². The third-order valence-electron chi connectivity index (χ3n) is 3.90. The molecular weight excluding hydrogens is 328 g/mol. The van der Waals surface area contributed by atoms with Crippen molar-refractivity contribution in [3.63, 3.8) is 0 Å². The Morgan fingerprint density at radius 3 is 2.46 bits per heavy atom. The van der Waals surface area contributed by atoms with Gasteiger partial charge in [0.1, 0.15) is 0 Å². The number of nitrogens with zero attached hydrogens (tertiary/aromatic N) is 3. The lowest BCUT2D eigenvalue weighted by Gasteiger charge is -2.14. The number of aromatic nitrogens is 3. The van der Waals surface area contributed by atoms with Gasteiger partial charge >= 0.3 is 0 Å². The zero-order chi connectivity index (χ0) is 17.1. The van der Waals surface area contributed by atoms with Crippen LogP contribution in [0.5, 0.6) is 0 Å². The van der Waals surface area contributed by atoms with Gasteiger partial charge in [-0.1, -0.05) is 55.9 Å². The highest BCUT2D eigenvalue weighted by molar-refractivity contribution is 7.99. The molecule has 0 saturated heterocycles. The minimum Gasteiger partial charge on any atom is -0.269 e. The smallest absolute Gasteiger partial charge is 0.269 e. The second-order valence-corrected chi connectivity index (χ2v) is 6.53. The van der Waals surface area contributed by atoms with E-state index in [0.29, 0.717) is 10.8 Å². The minimum atomic E-state index is -2.67. The number of benzene rings is 2. The molecule has 3 aromatic rings. The monoisotopic (exact) mass is 347 g/mol. The van der Waals surface area contributed by atoms with Crippen molar-refractivity contribution in [3.05, 3.63) is 47.8 Å². The van der Waals surface area contributed by atoms with Crippen LogP contribution in [0.3, 0.4) is 0 Å². The largest absolute Gasteiger partial charge is 0.297 e. The van der Waals surface area contributed by atoms with Gasteiger partial charge in [0.15, 0.2) is 5.16 Å². The number of rotatable bonds is 6. The van der Waals surface area contributed by atoms with Gasteiger partial charge in [0.25, 0.3) is 6.43 Å². The molecule has 2 aromatic carbocycles.